The molecule has 8 nitrogen and oxygen atoms in total. The van der Waals surface area contributed by atoms with Crippen LogP contribution in [0.15, 0.2) is 24.4 Å². The van der Waals surface area contributed by atoms with Crippen molar-refractivity contribution in [2.75, 3.05) is 6.61 Å². The molecule has 1 aromatic carbocycles. The van der Waals surface area contributed by atoms with Crippen molar-refractivity contribution in [2.45, 2.75) is 72.3 Å². The second-order valence-corrected chi connectivity index (χ2v) is 9.86. The number of benzene rings is 1. The highest BCUT2D eigenvalue weighted by Gasteiger charge is 2.51. The van der Waals surface area contributed by atoms with Crippen LogP contribution >= 0.6 is 0 Å². The predicted octanol–water partition coefficient (Wildman–Crippen LogP) is 3.39. The molecule has 0 N–H and O–H groups in total. The Labute approximate surface area is 189 Å². The maximum absolute atomic E-state index is 6.23. The third-order valence-corrected chi connectivity index (χ3v) is 6.59. The molecule has 4 heterocycles. The van der Waals surface area contributed by atoms with Crippen LogP contribution in [0.3, 0.4) is 0 Å². The van der Waals surface area contributed by atoms with Crippen molar-refractivity contribution in [1.29, 1.82) is 0 Å². The Morgan fingerprint density at radius 1 is 1.03 bits per heavy atom. The van der Waals surface area contributed by atoms with Crippen molar-refractivity contribution < 1.29 is 14.0 Å². The third kappa shape index (κ3) is 3.35. The van der Waals surface area contributed by atoms with Crippen molar-refractivity contribution in [1.82, 2.24) is 24.3 Å². The maximum atomic E-state index is 6.23. The molecule has 0 saturated carbocycles. The van der Waals surface area contributed by atoms with Crippen LogP contribution in [0.25, 0.3) is 22.9 Å². The lowest BCUT2D eigenvalue weighted by molar-refractivity contribution is 0.00578. The molecule has 32 heavy (non-hydrogen) atoms. The molecule has 3 aromatic rings. The Morgan fingerprint density at radius 3 is 2.44 bits per heavy atom. The molecule has 0 spiro atoms. The second kappa shape index (κ2) is 7.18. The summed E-state index contributed by atoms with van der Waals surface area (Å²) in [7, 11) is -0.431. The highest BCUT2D eigenvalue weighted by molar-refractivity contribution is 6.62. The van der Waals surface area contributed by atoms with Gasteiger partial charge in [0.15, 0.2) is 5.82 Å². The van der Waals surface area contributed by atoms with Crippen LogP contribution < -0.4 is 10.2 Å². The van der Waals surface area contributed by atoms with Crippen molar-refractivity contribution in [3.05, 3.63) is 30.2 Å². The van der Waals surface area contributed by atoms with Gasteiger partial charge in [-0.3, -0.25) is 0 Å². The molecular weight excluding hydrogens is 405 g/mol. The Balaban J connectivity index is 1.53. The molecule has 2 aromatic heterocycles. The first-order valence-electron chi connectivity index (χ1n) is 11.2. The highest BCUT2D eigenvalue weighted by atomic mass is 16.7. The summed E-state index contributed by atoms with van der Waals surface area (Å²) in [4.78, 5) is 9.58. The van der Waals surface area contributed by atoms with Crippen molar-refractivity contribution in [3.8, 4) is 28.7 Å². The summed E-state index contributed by atoms with van der Waals surface area (Å²) < 4.78 is 22.6. The van der Waals surface area contributed by atoms with Crippen molar-refractivity contribution >= 4 is 12.6 Å². The van der Waals surface area contributed by atoms with Gasteiger partial charge < -0.3 is 18.6 Å². The van der Waals surface area contributed by atoms with E-state index in [1.165, 1.54) is 0 Å². The lowest BCUT2D eigenvalue weighted by Crippen LogP contribution is -2.41. The fraction of sp³-hybridized carbons (Fsp3) is 0.522. The molecule has 0 amide bonds. The van der Waals surface area contributed by atoms with E-state index in [4.69, 9.17) is 19.0 Å². The summed E-state index contributed by atoms with van der Waals surface area (Å²) in [5.74, 6) is 3.18. The van der Waals surface area contributed by atoms with Gasteiger partial charge in [0.1, 0.15) is 29.7 Å². The van der Waals surface area contributed by atoms with E-state index < -0.39 is 7.12 Å². The summed E-state index contributed by atoms with van der Waals surface area (Å²) in [6.45, 7) is 15.6. The molecule has 0 bridgehead atoms. The van der Waals surface area contributed by atoms with E-state index in [2.05, 4.69) is 56.2 Å². The van der Waals surface area contributed by atoms with E-state index in [-0.39, 0.29) is 17.2 Å². The summed E-state index contributed by atoms with van der Waals surface area (Å²) >= 11 is 0. The van der Waals surface area contributed by atoms with Gasteiger partial charge in [0.25, 0.3) is 0 Å². The molecule has 1 saturated heterocycles. The zero-order valence-corrected chi connectivity index (χ0v) is 19.8. The molecule has 0 unspecified atom stereocenters. The van der Waals surface area contributed by atoms with E-state index in [9.17, 15) is 0 Å². The number of imidazole rings is 1. The van der Waals surface area contributed by atoms with E-state index >= 15 is 0 Å². The molecule has 2 aliphatic rings. The van der Waals surface area contributed by atoms with Gasteiger partial charge in [0.2, 0.25) is 0 Å². The van der Waals surface area contributed by atoms with E-state index in [1.54, 1.807) is 0 Å². The molecular formula is C23H30BN5O3. The molecule has 0 radical (unpaired) electrons. The molecule has 2 aliphatic heterocycles. The Bertz CT molecular complexity index is 1160. The van der Waals surface area contributed by atoms with Crippen LogP contribution in [0.5, 0.6) is 5.75 Å². The van der Waals surface area contributed by atoms with Gasteiger partial charge >= 0.3 is 7.12 Å². The van der Waals surface area contributed by atoms with Gasteiger partial charge in [-0.25, -0.2) is 14.6 Å². The molecule has 5 rings (SSSR count). The average molecular weight is 435 g/mol. The zero-order valence-electron chi connectivity index (χ0n) is 19.8. The number of hydrogen-bond donors (Lipinski definition) is 0. The SMILES string of the molecule is Cc1nc(-c2cn3c(n2)-c2ccc(B4OC(C)(C)C(C)(C)O4)cc2OCC3)n(C(C)C)n1. The quantitative estimate of drug-likeness (QED) is 0.587. The van der Waals surface area contributed by atoms with E-state index in [0.29, 0.717) is 13.2 Å². The van der Waals surface area contributed by atoms with Gasteiger partial charge in [-0.05, 0) is 66.1 Å². The third-order valence-electron chi connectivity index (χ3n) is 6.59. The minimum absolute atomic E-state index is 0.200. The topological polar surface area (TPSA) is 76.2 Å². The number of nitrogens with zero attached hydrogens (tertiary/aromatic N) is 5. The van der Waals surface area contributed by atoms with Crippen LogP contribution in [0, 0.1) is 6.92 Å². The van der Waals surface area contributed by atoms with Gasteiger partial charge in [0, 0.05) is 12.2 Å². The Hall–Kier alpha value is -2.65. The monoisotopic (exact) mass is 435 g/mol. The van der Waals surface area contributed by atoms with Crippen LogP contribution in [0.4, 0.5) is 0 Å². The molecule has 0 aliphatic carbocycles. The van der Waals surface area contributed by atoms with Crippen LogP contribution in [-0.4, -0.2) is 49.2 Å². The van der Waals surface area contributed by atoms with Crippen molar-refractivity contribution in [3.63, 3.8) is 0 Å². The summed E-state index contributed by atoms with van der Waals surface area (Å²) in [6, 6.07) is 6.30. The van der Waals surface area contributed by atoms with Crippen LogP contribution in [0.2, 0.25) is 0 Å². The molecule has 0 atom stereocenters. The van der Waals surface area contributed by atoms with E-state index in [1.807, 2.05) is 36.0 Å². The predicted molar refractivity (Wildman–Crippen MR) is 123 cm³/mol. The fourth-order valence-corrected chi connectivity index (χ4v) is 4.10. The number of ether oxygens (including phenoxy) is 1. The molecule has 1 fully saturated rings. The average Bonchev–Trinajstić information content (AvgIpc) is 3.32. The van der Waals surface area contributed by atoms with Crippen LogP contribution in [-0.2, 0) is 15.9 Å². The Kier molecular flexibility index (Phi) is 4.76. The first kappa shape index (κ1) is 21.2. The number of fused-ring (bicyclic) bond motifs is 3. The number of rotatable bonds is 3. The summed E-state index contributed by atoms with van der Waals surface area (Å²) in [6.07, 6.45) is 2.04. The second-order valence-electron chi connectivity index (χ2n) is 9.86. The lowest BCUT2D eigenvalue weighted by Gasteiger charge is -2.32. The zero-order chi connectivity index (χ0) is 22.8. The molecule has 168 valence electrons. The minimum atomic E-state index is -0.431. The highest BCUT2D eigenvalue weighted by Crippen LogP contribution is 2.38. The van der Waals surface area contributed by atoms with Gasteiger partial charge in [-0.1, -0.05) is 6.07 Å². The van der Waals surface area contributed by atoms with Crippen LogP contribution in [0.1, 0.15) is 53.4 Å². The smallest absolute Gasteiger partial charge is 0.491 e. The normalized spacial score (nSPS) is 18.9. The number of hydrogen-bond acceptors (Lipinski definition) is 6. The standard InChI is InChI=1S/C23H30BN5O3/c1-14(2)29-21(25-15(3)27-29)18-13-28-10-11-30-19-12-16(8-9-17(19)20(28)26-18)24-31-22(4,5)23(6,7)32-24/h8-9,12-14H,10-11H2,1-7H3. The summed E-state index contributed by atoms with van der Waals surface area (Å²) in [5, 5.41) is 4.54. The maximum Gasteiger partial charge on any atom is 0.494 e. The number of aromatic nitrogens is 5. The Morgan fingerprint density at radius 2 is 1.75 bits per heavy atom. The van der Waals surface area contributed by atoms with Gasteiger partial charge in [0.05, 0.1) is 23.3 Å². The lowest BCUT2D eigenvalue weighted by atomic mass is 9.78. The largest absolute Gasteiger partial charge is 0.494 e. The molecule has 9 heteroatoms. The van der Waals surface area contributed by atoms with Crippen molar-refractivity contribution in [2.24, 2.45) is 0 Å². The fourth-order valence-electron chi connectivity index (χ4n) is 4.10. The van der Waals surface area contributed by atoms with E-state index in [0.717, 1.165) is 39.9 Å². The minimum Gasteiger partial charge on any atom is -0.491 e. The summed E-state index contributed by atoms with van der Waals surface area (Å²) in [5.41, 5.74) is 1.93. The van der Waals surface area contributed by atoms with Gasteiger partial charge in [-0.2, -0.15) is 5.10 Å². The first-order valence-corrected chi connectivity index (χ1v) is 11.2. The first-order chi connectivity index (χ1) is 15.1. The van der Waals surface area contributed by atoms with Gasteiger partial charge in [-0.15, -0.1) is 0 Å². The number of aryl methyl sites for hydroxylation is 1.